The van der Waals surface area contributed by atoms with Crippen molar-refractivity contribution in [3.8, 4) is 0 Å². The molecule has 0 amide bonds. The molecule has 0 aliphatic carbocycles. The van der Waals surface area contributed by atoms with Crippen molar-refractivity contribution in [2.24, 2.45) is 0 Å². The van der Waals surface area contributed by atoms with Gasteiger partial charge in [-0.1, -0.05) is 0 Å². The summed E-state index contributed by atoms with van der Waals surface area (Å²) in [7, 11) is 0. The summed E-state index contributed by atoms with van der Waals surface area (Å²) >= 11 is 0. The Bertz CT molecular complexity index is 980. The molecule has 1 atom stereocenters. The fourth-order valence-electron chi connectivity index (χ4n) is 4.25. The SMILES string of the molecule is FC(F)(F)c1ccc2nc(N3CCN4CCCC4C3)c3[nH]cnc3c2c1. The summed E-state index contributed by atoms with van der Waals surface area (Å²) in [4.78, 5) is 16.8. The zero-order valence-corrected chi connectivity index (χ0v) is 14.1. The van der Waals surface area contributed by atoms with Crippen LogP contribution in [-0.4, -0.2) is 52.1 Å². The molecule has 2 aliphatic heterocycles. The molecule has 2 saturated heterocycles. The molecule has 5 nitrogen and oxygen atoms in total. The number of imidazole rings is 1. The van der Waals surface area contributed by atoms with Crippen molar-refractivity contribution >= 4 is 27.8 Å². The van der Waals surface area contributed by atoms with Crippen LogP contribution in [-0.2, 0) is 6.18 Å². The topological polar surface area (TPSA) is 48.1 Å². The largest absolute Gasteiger partial charge is 0.416 e. The number of pyridine rings is 1. The fraction of sp³-hybridized carbons (Fsp3) is 0.444. The van der Waals surface area contributed by atoms with Gasteiger partial charge in [0.15, 0.2) is 5.82 Å². The molecule has 1 aromatic carbocycles. The molecule has 0 spiro atoms. The third-order valence-electron chi connectivity index (χ3n) is 5.56. The summed E-state index contributed by atoms with van der Waals surface area (Å²) in [6.45, 7) is 3.91. The molecular weight excluding hydrogens is 343 g/mol. The molecule has 0 radical (unpaired) electrons. The second-order valence-corrected chi connectivity index (χ2v) is 7.07. The summed E-state index contributed by atoms with van der Waals surface area (Å²) in [6, 6.07) is 4.21. The lowest BCUT2D eigenvalue weighted by molar-refractivity contribution is -0.137. The second-order valence-electron chi connectivity index (χ2n) is 7.07. The zero-order chi connectivity index (χ0) is 17.9. The Hall–Kier alpha value is -2.35. The minimum absolute atomic E-state index is 0.430. The Morgan fingerprint density at radius 2 is 2.04 bits per heavy atom. The molecule has 2 aromatic heterocycles. The van der Waals surface area contributed by atoms with E-state index in [1.165, 1.54) is 25.2 Å². The van der Waals surface area contributed by atoms with Gasteiger partial charge < -0.3 is 9.88 Å². The Balaban J connectivity index is 1.63. The Labute approximate surface area is 147 Å². The third-order valence-corrected chi connectivity index (χ3v) is 5.56. The predicted octanol–water partition coefficient (Wildman–Crippen LogP) is 3.41. The maximum absolute atomic E-state index is 13.1. The minimum atomic E-state index is -4.38. The molecule has 5 rings (SSSR count). The monoisotopic (exact) mass is 361 g/mol. The Morgan fingerprint density at radius 1 is 1.15 bits per heavy atom. The van der Waals surface area contributed by atoms with E-state index in [2.05, 4.69) is 19.8 Å². The van der Waals surface area contributed by atoms with Crippen LogP contribution in [0.4, 0.5) is 19.0 Å². The van der Waals surface area contributed by atoms with Crippen molar-refractivity contribution in [3.63, 3.8) is 0 Å². The lowest BCUT2D eigenvalue weighted by Gasteiger charge is -2.38. The maximum atomic E-state index is 13.1. The number of nitrogens with one attached hydrogen (secondary N) is 1. The van der Waals surface area contributed by atoms with Crippen molar-refractivity contribution in [2.75, 3.05) is 31.1 Å². The first kappa shape index (κ1) is 15.9. The van der Waals surface area contributed by atoms with Crippen LogP contribution in [0.5, 0.6) is 0 Å². The number of alkyl halides is 3. The number of hydrogen-bond donors (Lipinski definition) is 1. The van der Waals surface area contributed by atoms with Gasteiger partial charge in [0.1, 0.15) is 11.0 Å². The van der Waals surface area contributed by atoms with Crippen molar-refractivity contribution < 1.29 is 13.2 Å². The minimum Gasteiger partial charge on any atom is -0.352 e. The van der Waals surface area contributed by atoms with Crippen LogP contribution in [0.3, 0.4) is 0 Å². The van der Waals surface area contributed by atoms with Gasteiger partial charge in [0.05, 0.1) is 17.4 Å². The van der Waals surface area contributed by atoms with E-state index < -0.39 is 11.7 Å². The molecule has 1 N–H and O–H groups in total. The summed E-state index contributed by atoms with van der Waals surface area (Å²) < 4.78 is 39.2. The number of piperazine rings is 1. The summed E-state index contributed by atoms with van der Waals surface area (Å²) in [5.41, 5.74) is 1.12. The number of nitrogens with zero attached hydrogens (tertiary/aromatic N) is 4. The number of aromatic amines is 1. The lowest BCUT2D eigenvalue weighted by atomic mass is 10.1. The molecule has 3 aromatic rings. The van der Waals surface area contributed by atoms with Gasteiger partial charge in [-0.2, -0.15) is 13.2 Å². The van der Waals surface area contributed by atoms with Crippen molar-refractivity contribution in [2.45, 2.75) is 25.1 Å². The van der Waals surface area contributed by atoms with E-state index in [0.29, 0.717) is 28.0 Å². The van der Waals surface area contributed by atoms with Gasteiger partial charge in [0, 0.05) is 31.1 Å². The van der Waals surface area contributed by atoms with Crippen LogP contribution >= 0.6 is 0 Å². The van der Waals surface area contributed by atoms with Crippen LogP contribution in [0.25, 0.3) is 21.9 Å². The van der Waals surface area contributed by atoms with Crippen LogP contribution in [0, 0.1) is 0 Å². The van der Waals surface area contributed by atoms with Crippen LogP contribution < -0.4 is 4.90 Å². The van der Waals surface area contributed by atoms with E-state index in [1.54, 1.807) is 0 Å². The molecule has 4 heterocycles. The van der Waals surface area contributed by atoms with Gasteiger partial charge >= 0.3 is 6.18 Å². The molecule has 8 heteroatoms. The van der Waals surface area contributed by atoms with Gasteiger partial charge in [0.2, 0.25) is 0 Å². The molecule has 26 heavy (non-hydrogen) atoms. The fourth-order valence-corrected chi connectivity index (χ4v) is 4.25. The summed E-state index contributed by atoms with van der Waals surface area (Å²) in [6.07, 6.45) is -0.440. The Morgan fingerprint density at radius 3 is 2.88 bits per heavy atom. The number of benzene rings is 1. The number of hydrogen-bond acceptors (Lipinski definition) is 4. The van der Waals surface area contributed by atoms with Crippen LogP contribution in [0.2, 0.25) is 0 Å². The highest BCUT2D eigenvalue weighted by atomic mass is 19.4. The number of aromatic nitrogens is 3. The summed E-state index contributed by atoms with van der Waals surface area (Å²) in [5.74, 6) is 0.788. The molecule has 2 fully saturated rings. The first-order valence-electron chi connectivity index (χ1n) is 8.84. The van der Waals surface area contributed by atoms with E-state index in [4.69, 9.17) is 4.98 Å². The first-order chi connectivity index (χ1) is 12.5. The van der Waals surface area contributed by atoms with E-state index >= 15 is 0 Å². The smallest absolute Gasteiger partial charge is 0.352 e. The number of halogens is 3. The molecule has 136 valence electrons. The van der Waals surface area contributed by atoms with E-state index in [-0.39, 0.29) is 0 Å². The molecule has 2 aliphatic rings. The van der Waals surface area contributed by atoms with E-state index in [1.807, 2.05) is 0 Å². The van der Waals surface area contributed by atoms with Gasteiger partial charge in [-0.15, -0.1) is 0 Å². The van der Waals surface area contributed by atoms with Crippen LogP contribution in [0.15, 0.2) is 24.5 Å². The normalized spacial score (nSPS) is 21.7. The Kier molecular flexibility index (Phi) is 3.40. The highest BCUT2D eigenvalue weighted by Gasteiger charge is 2.33. The zero-order valence-electron chi connectivity index (χ0n) is 14.1. The number of H-pyrrole nitrogens is 1. The number of anilines is 1. The molecular formula is C18H18F3N5. The third kappa shape index (κ3) is 2.43. The standard InChI is InChI=1S/C18H18F3N5/c19-18(20,21)11-3-4-14-13(8-11)15-16(23-10-22-15)17(24-14)26-7-6-25-5-1-2-12(25)9-26/h3-4,8,10,12H,1-2,5-7,9H2,(H,22,23). The van der Waals surface area contributed by atoms with Crippen LogP contribution in [0.1, 0.15) is 18.4 Å². The maximum Gasteiger partial charge on any atom is 0.416 e. The van der Waals surface area contributed by atoms with Crippen molar-refractivity contribution in [3.05, 3.63) is 30.1 Å². The molecule has 1 unspecified atom stereocenters. The average molecular weight is 361 g/mol. The van der Waals surface area contributed by atoms with Gasteiger partial charge in [-0.25, -0.2) is 9.97 Å². The predicted molar refractivity (Wildman–Crippen MR) is 93.2 cm³/mol. The highest BCUT2D eigenvalue weighted by Crippen LogP contribution is 2.35. The summed E-state index contributed by atoms with van der Waals surface area (Å²) in [5, 5.41) is 0.430. The average Bonchev–Trinajstić information content (AvgIpc) is 3.28. The molecule has 0 saturated carbocycles. The lowest BCUT2D eigenvalue weighted by Crippen LogP contribution is -2.50. The van der Waals surface area contributed by atoms with E-state index in [0.717, 1.165) is 44.1 Å². The van der Waals surface area contributed by atoms with Crippen molar-refractivity contribution in [1.82, 2.24) is 19.9 Å². The van der Waals surface area contributed by atoms with Gasteiger partial charge in [-0.3, -0.25) is 4.90 Å². The van der Waals surface area contributed by atoms with Gasteiger partial charge in [0.25, 0.3) is 0 Å². The number of rotatable bonds is 1. The van der Waals surface area contributed by atoms with Gasteiger partial charge in [-0.05, 0) is 37.6 Å². The van der Waals surface area contributed by atoms with Crippen molar-refractivity contribution in [1.29, 1.82) is 0 Å². The second kappa shape index (κ2) is 5.57. The highest BCUT2D eigenvalue weighted by molar-refractivity contribution is 6.06. The molecule has 0 bridgehead atoms. The first-order valence-corrected chi connectivity index (χ1v) is 8.84. The quantitative estimate of drug-likeness (QED) is 0.722. The van der Waals surface area contributed by atoms with E-state index in [9.17, 15) is 13.2 Å². The number of fused-ring (bicyclic) bond motifs is 4.